The summed E-state index contributed by atoms with van der Waals surface area (Å²) in [6.07, 6.45) is 1.85. The van der Waals surface area contributed by atoms with E-state index in [0.29, 0.717) is 0 Å². The Kier molecular flexibility index (Phi) is 5.80. The van der Waals surface area contributed by atoms with Gasteiger partial charge in [0.05, 0.1) is 33.5 Å². The molecule has 1 N–H and O–H groups in total. The Morgan fingerprint density at radius 3 is 2.09 bits per heavy atom. The molecule has 0 aliphatic rings. The summed E-state index contributed by atoms with van der Waals surface area (Å²) in [4.78, 5) is 9.79. The Morgan fingerprint density at radius 1 is 0.543 bits per heavy atom. The largest absolute Gasteiger partial charge is 0.506 e. The number of fused-ring (bicyclic) bond motifs is 7. The van der Waals surface area contributed by atoms with E-state index in [9.17, 15) is 5.11 Å². The number of hydrogen-bond acceptors (Lipinski definition) is 3. The van der Waals surface area contributed by atoms with Gasteiger partial charge in [-0.2, -0.15) is 0 Å². The van der Waals surface area contributed by atoms with Gasteiger partial charge >= 0.3 is 0 Å². The third kappa shape index (κ3) is 3.95. The number of para-hydroxylation sites is 3. The number of benzene rings is 5. The Morgan fingerprint density at radius 2 is 1.24 bits per heavy atom. The van der Waals surface area contributed by atoms with Crippen molar-refractivity contribution in [3.63, 3.8) is 0 Å². The molecule has 0 atom stereocenters. The van der Waals surface area contributed by atoms with Crippen molar-refractivity contribution in [1.29, 1.82) is 0 Å². The summed E-state index contributed by atoms with van der Waals surface area (Å²) in [5.41, 5.74) is 10.1. The summed E-state index contributed by atoms with van der Waals surface area (Å²) >= 11 is 0. The maximum absolute atomic E-state index is 11.4. The highest BCUT2D eigenvalue weighted by Crippen LogP contribution is 2.44. The van der Waals surface area contributed by atoms with E-state index in [4.69, 9.17) is 4.98 Å². The van der Waals surface area contributed by atoms with Crippen molar-refractivity contribution >= 4 is 43.6 Å². The molecular formula is C41H28N4O. The molecule has 5 heteroatoms. The van der Waals surface area contributed by atoms with Crippen LogP contribution in [0.15, 0.2) is 146 Å². The van der Waals surface area contributed by atoms with E-state index in [-0.39, 0.29) is 5.75 Å². The second-order valence-electron chi connectivity index (χ2n) is 11.7. The van der Waals surface area contributed by atoms with Crippen LogP contribution in [0, 0.1) is 6.92 Å². The highest BCUT2D eigenvalue weighted by Gasteiger charge is 2.22. The molecule has 5 nitrogen and oxygen atoms in total. The van der Waals surface area contributed by atoms with E-state index >= 15 is 0 Å². The van der Waals surface area contributed by atoms with Crippen LogP contribution in [-0.4, -0.2) is 24.2 Å². The summed E-state index contributed by atoms with van der Waals surface area (Å²) in [6.45, 7) is 2.08. The van der Waals surface area contributed by atoms with Gasteiger partial charge in [-0.3, -0.25) is 9.55 Å². The molecule has 0 spiro atoms. The first-order valence-electron chi connectivity index (χ1n) is 15.4. The van der Waals surface area contributed by atoms with Crippen LogP contribution in [0.1, 0.15) is 5.56 Å². The number of phenolic OH excluding ortho intramolecular Hbond substituents is 1. The van der Waals surface area contributed by atoms with Crippen molar-refractivity contribution < 1.29 is 5.11 Å². The molecule has 46 heavy (non-hydrogen) atoms. The molecular weight excluding hydrogens is 564 g/mol. The van der Waals surface area contributed by atoms with Crippen molar-refractivity contribution in [3.8, 4) is 39.8 Å². The molecule has 0 saturated carbocycles. The first-order chi connectivity index (χ1) is 22.7. The van der Waals surface area contributed by atoms with Crippen LogP contribution in [0.3, 0.4) is 0 Å². The molecule has 9 aromatic rings. The minimum absolute atomic E-state index is 0.216. The van der Waals surface area contributed by atoms with Crippen LogP contribution >= 0.6 is 0 Å². The summed E-state index contributed by atoms with van der Waals surface area (Å²) in [5.74, 6) is 0.956. The smallest absolute Gasteiger partial charge is 0.140 e. The fourth-order valence-corrected chi connectivity index (χ4v) is 6.93. The van der Waals surface area contributed by atoms with Crippen LogP contribution in [0.2, 0.25) is 0 Å². The monoisotopic (exact) mass is 592 g/mol. The standard InChI is InChI=1S/C41H28N4O/c1-26-22-23-42-33(24-26)28-11-7-10-27(25-28)32-16-9-19-38(43-32)45-36-21-20-35-39(40(36)31-15-8-18-37(46)41(31)45)30-14-5-6-17-34(30)44(35)29-12-3-2-4-13-29/h2-25,46H,1H3. The average molecular weight is 593 g/mol. The molecule has 0 aliphatic heterocycles. The molecule has 0 radical (unpaired) electrons. The van der Waals surface area contributed by atoms with Gasteiger partial charge < -0.3 is 9.67 Å². The Bertz CT molecular complexity index is 2610. The number of pyridine rings is 2. The minimum Gasteiger partial charge on any atom is -0.506 e. The summed E-state index contributed by atoms with van der Waals surface area (Å²) in [6, 6.07) is 47.7. The van der Waals surface area contributed by atoms with E-state index in [1.807, 2.05) is 42.6 Å². The van der Waals surface area contributed by atoms with Gasteiger partial charge in [0, 0.05) is 44.6 Å². The molecule has 5 aromatic carbocycles. The maximum Gasteiger partial charge on any atom is 0.140 e. The number of rotatable bonds is 4. The molecule has 0 bridgehead atoms. The molecule has 0 unspecified atom stereocenters. The highest BCUT2D eigenvalue weighted by molar-refractivity contribution is 6.29. The second kappa shape index (κ2) is 10.2. The average Bonchev–Trinajstić information content (AvgIpc) is 3.62. The zero-order valence-corrected chi connectivity index (χ0v) is 25.1. The van der Waals surface area contributed by atoms with Crippen LogP contribution in [0.25, 0.3) is 77.6 Å². The second-order valence-corrected chi connectivity index (χ2v) is 11.7. The highest BCUT2D eigenvalue weighted by atomic mass is 16.3. The number of aromatic nitrogens is 4. The Labute approximate surface area is 265 Å². The van der Waals surface area contributed by atoms with Crippen molar-refractivity contribution in [3.05, 3.63) is 151 Å². The van der Waals surface area contributed by atoms with Gasteiger partial charge in [-0.1, -0.05) is 72.8 Å². The van der Waals surface area contributed by atoms with E-state index in [0.717, 1.165) is 77.6 Å². The number of phenols is 1. The maximum atomic E-state index is 11.4. The third-order valence-corrected chi connectivity index (χ3v) is 8.91. The molecule has 9 rings (SSSR count). The molecule has 0 fully saturated rings. The van der Waals surface area contributed by atoms with Gasteiger partial charge in [-0.05, 0) is 79.2 Å². The molecule has 0 amide bonds. The fraction of sp³-hybridized carbons (Fsp3) is 0.0244. The van der Waals surface area contributed by atoms with Crippen LogP contribution in [0.4, 0.5) is 0 Å². The molecule has 218 valence electrons. The topological polar surface area (TPSA) is 55.9 Å². The van der Waals surface area contributed by atoms with Gasteiger partial charge in [-0.25, -0.2) is 4.98 Å². The predicted octanol–water partition coefficient (Wildman–Crippen LogP) is 10.0. The van der Waals surface area contributed by atoms with Crippen molar-refractivity contribution in [2.24, 2.45) is 0 Å². The SMILES string of the molecule is Cc1ccnc(-c2cccc(-c3cccc(-n4c5ccc6c(c7ccccc7n6-c6ccccc6)c5c5cccc(O)c54)n3)c2)c1. The van der Waals surface area contributed by atoms with Crippen molar-refractivity contribution in [2.45, 2.75) is 6.92 Å². The normalized spacial score (nSPS) is 11.7. The van der Waals surface area contributed by atoms with Gasteiger partial charge in [0.25, 0.3) is 0 Å². The lowest BCUT2D eigenvalue weighted by Gasteiger charge is -2.11. The van der Waals surface area contributed by atoms with Crippen molar-refractivity contribution in [2.75, 3.05) is 0 Å². The van der Waals surface area contributed by atoms with Gasteiger partial charge in [0.1, 0.15) is 11.6 Å². The van der Waals surface area contributed by atoms with Crippen LogP contribution < -0.4 is 0 Å². The number of aryl methyl sites for hydroxylation is 1. The zero-order valence-electron chi connectivity index (χ0n) is 25.1. The Hall–Kier alpha value is -6.20. The minimum atomic E-state index is 0.216. The van der Waals surface area contributed by atoms with E-state index < -0.39 is 0 Å². The first-order valence-corrected chi connectivity index (χ1v) is 15.4. The van der Waals surface area contributed by atoms with Gasteiger partial charge in [0.15, 0.2) is 0 Å². The van der Waals surface area contributed by atoms with Crippen LogP contribution in [0.5, 0.6) is 5.75 Å². The van der Waals surface area contributed by atoms with E-state index in [1.165, 1.54) is 5.56 Å². The summed E-state index contributed by atoms with van der Waals surface area (Å²) < 4.78 is 4.43. The fourth-order valence-electron chi connectivity index (χ4n) is 6.93. The first kappa shape index (κ1) is 26.2. The predicted molar refractivity (Wildman–Crippen MR) is 188 cm³/mol. The lowest BCUT2D eigenvalue weighted by Crippen LogP contribution is -1.99. The lowest BCUT2D eigenvalue weighted by atomic mass is 10.0. The van der Waals surface area contributed by atoms with Gasteiger partial charge in [-0.15, -0.1) is 0 Å². The van der Waals surface area contributed by atoms with E-state index in [1.54, 1.807) is 6.07 Å². The third-order valence-electron chi connectivity index (χ3n) is 8.91. The number of aromatic hydroxyl groups is 1. The van der Waals surface area contributed by atoms with Gasteiger partial charge in [0.2, 0.25) is 0 Å². The summed E-state index contributed by atoms with van der Waals surface area (Å²) in [5, 5.41) is 15.8. The van der Waals surface area contributed by atoms with Crippen LogP contribution in [-0.2, 0) is 0 Å². The van der Waals surface area contributed by atoms with E-state index in [2.05, 4.69) is 118 Å². The lowest BCUT2D eigenvalue weighted by molar-refractivity contribution is 0.479. The Balaban J connectivity index is 1.31. The molecule has 4 heterocycles. The number of nitrogens with zero attached hydrogens (tertiary/aromatic N) is 4. The molecule has 0 saturated heterocycles. The quantitative estimate of drug-likeness (QED) is 0.221. The number of hydrogen-bond donors (Lipinski definition) is 1. The summed E-state index contributed by atoms with van der Waals surface area (Å²) in [7, 11) is 0. The molecule has 4 aromatic heterocycles. The van der Waals surface area contributed by atoms with Crippen molar-refractivity contribution in [1.82, 2.24) is 19.1 Å². The zero-order chi connectivity index (χ0) is 30.8. The molecule has 0 aliphatic carbocycles.